The van der Waals surface area contributed by atoms with Gasteiger partial charge in [0.2, 0.25) is 0 Å². The van der Waals surface area contributed by atoms with Crippen molar-refractivity contribution in [1.29, 1.82) is 0 Å². The SMILES string of the molecule is COCCN(CCCl)C(=O)c1cc(Br)ccc1Br. The third-order valence-corrected chi connectivity index (χ3v) is 3.72. The summed E-state index contributed by atoms with van der Waals surface area (Å²) in [5.41, 5.74) is 0.616. The molecule has 1 amide bonds. The zero-order valence-electron chi connectivity index (χ0n) is 9.96. The maximum Gasteiger partial charge on any atom is 0.255 e. The Bertz CT molecular complexity index is 415. The van der Waals surface area contributed by atoms with Gasteiger partial charge in [-0.15, -0.1) is 11.6 Å². The molecule has 1 rings (SSSR count). The second-order valence-electron chi connectivity index (χ2n) is 3.60. The minimum Gasteiger partial charge on any atom is -0.383 e. The number of hydrogen-bond acceptors (Lipinski definition) is 2. The van der Waals surface area contributed by atoms with Gasteiger partial charge in [-0.05, 0) is 34.1 Å². The highest BCUT2D eigenvalue weighted by Crippen LogP contribution is 2.23. The molecule has 6 heteroatoms. The highest BCUT2D eigenvalue weighted by molar-refractivity contribution is 9.11. The number of rotatable bonds is 6. The van der Waals surface area contributed by atoms with E-state index in [4.69, 9.17) is 16.3 Å². The highest BCUT2D eigenvalue weighted by atomic mass is 79.9. The summed E-state index contributed by atoms with van der Waals surface area (Å²) in [7, 11) is 1.61. The molecule has 0 aliphatic carbocycles. The maximum absolute atomic E-state index is 12.4. The van der Waals surface area contributed by atoms with E-state index in [2.05, 4.69) is 31.9 Å². The van der Waals surface area contributed by atoms with Crippen LogP contribution in [0.25, 0.3) is 0 Å². The van der Waals surface area contributed by atoms with E-state index in [9.17, 15) is 4.79 Å². The minimum absolute atomic E-state index is 0.0547. The molecule has 0 bridgehead atoms. The summed E-state index contributed by atoms with van der Waals surface area (Å²) < 4.78 is 6.64. The molecule has 0 fully saturated rings. The van der Waals surface area contributed by atoms with Gasteiger partial charge in [0.05, 0.1) is 12.2 Å². The van der Waals surface area contributed by atoms with Crippen molar-refractivity contribution in [3.63, 3.8) is 0 Å². The molecular formula is C12H14Br2ClNO2. The standard InChI is InChI=1S/C12H14Br2ClNO2/c1-18-7-6-16(5-4-15)12(17)10-8-9(13)2-3-11(10)14/h2-3,8H,4-7H2,1H3. The Morgan fingerprint density at radius 1 is 1.39 bits per heavy atom. The summed E-state index contributed by atoms with van der Waals surface area (Å²) in [4.78, 5) is 14.1. The molecule has 0 radical (unpaired) electrons. The van der Waals surface area contributed by atoms with E-state index in [0.29, 0.717) is 31.1 Å². The van der Waals surface area contributed by atoms with Crippen LogP contribution in [-0.4, -0.2) is 43.5 Å². The molecule has 0 atom stereocenters. The zero-order valence-corrected chi connectivity index (χ0v) is 13.9. The Hall–Kier alpha value is -0.100. The second kappa shape index (κ2) is 8.15. The number of benzene rings is 1. The fraction of sp³-hybridized carbons (Fsp3) is 0.417. The van der Waals surface area contributed by atoms with Crippen LogP contribution in [0.2, 0.25) is 0 Å². The Labute approximate surface area is 129 Å². The monoisotopic (exact) mass is 397 g/mol. The van der Waals surface area contributed by atoms with E-state index in [1.807, 2.05) is 12.1 Å². The fourth-order valence-corrected chi connectivity index (χ4v) is 2.43. The van der Waals surface area contributed by atoms with Crippen molar-refractivity contribution in [3.8, 4) is 0 Å². The van der Waals surface area contributed by atoms with Gasteiger partial charge in [0.15, 0.2) is 0 Å². The molecule has 0 saturated heterocycles. The molecule has 0 heterocycles. The van der Waals surface area contributed by atoms with Crippen LogP contribution < -0.4 is 0 Å². The predicted octanol–water partition coefficient (Wildman–Crippen LogP) is 3.54. The molecule has 18 heavy (non-hydrogen) atoms. The van der Waals surface area contributed by atoms with Gasteiger partial charge in [0.25, 0.3) is 5.91 Å². The molecule has 1 aromatic rings. The molecule has 0 saturated carbocycles. The average molecular weight is 400 g/mol. The Morgan fingerprint density at radius 3 is 2.72 bits per heavy atom. The lowest BCUT2D eigenvalue weighted by molar-refractivity contribution is 0.0707. The van der Waals surface area contributed by atoms with Gasteiger partial charge in [0, 0.05) is 35.0 Å². The van der Waals surface area contributed by atoms with Crippen LogP contribution in [0.3, 0.4) is 0 Å². The molecule has 0 spiro atoms. The molecular weight excluding hydrogens is 385 g/mol. The topological polar surface area (TPSA) is 29.5 Å². The van der Waals surface area contributed by atoms with Crippen molar-refractivity contribution >= 4 is 49.4 Å². The quantitative estimate of drug-likeness (QED) is 0.685. The van der Waals surface area contributed by atoms with Crippen LogP contribution in [-0.2, 0) is 4.74 Å². The number of carbonyl (C=O) groups is 1. The lowest BCUT2D eigenvalue weighted by Crippen LogP contribution is -2.35. The molecule has 3 nitrogen and oxygen atoms in total. The highest BCUT2D eigenvalue weighted by Gasteiger charge is 2.17. The molecule has 0 aliphatic heterocycles. The van der Waals surface area contributed by atoms with Gasteiger partial charge < -0.3 is 9.64 Å². The third kappa shape index (κ3) is 4.53. The largest absolute Gasteiger partial charge is 0.383 e. The lowest BCUT2D eigenvalue weighted by Gasteiger charge is -2.22. The number of carbonyl (C=O) groups excluding carboxylic acids is 1. The summed E-state index contributed by atoms with van der Waals surface area (Å²) in [6.45, 7) is 1.53. The van der Waals surface area contributed by atoms with E-state index in [1.165, 1.54) is 0 Å². The van der Waals surface area contributed by atoms with Crippen LogP contribution in [0, 0.1) is 0 Å². The Kier molecular flexibility index (Phi) is 7.22. The number of nitrogens with zero attached hydrogens (tertiary/aromatic N) is 1. The molecule has 0 aromatic heterocycles. The number of halogens is 3. The van der Waals surface area contributed by atoms with E-state index in [-0.39, 0.29) is 5.91 Å². The van der Waals surface area contributed by atoms with Crippen molar-refractivity contribution in [2.75, 3.05) is 32.7 Å². The summed E-state index contributed by atoms with van der Waals surface area (Å²) in [6, 6.07) is 5.51. The van der Waals surface area contributed by atoms with E-state index in [1.54, 1.807) is 18.1 Å². The van der Waals surface area contributed by atoms with Crippen molar-refractivity contribution < 1.29 is 9.53 Å². The first-order valence-corrected chi connectivity index (χ1v) is 7.51. The summed E-state index contributed by atoms with van der Waals surface area (Å²) in [5, 5.41) is 0. The molecule has 0 unspecified atom stereocenters. The van der Waals surface area contributed by atoms with Crippen LogP contribution in [0.1, 0.15) is 10.4 Å². The number of amides is 1. The number of ether oxygens (including phenoxy) is 1. The van der Waals surface area contributed by atoms with Crippen molar-refractivity contribution in [2.24, 2.45) is 0 Å². The summed E-state index contributed by atoms with van der Waals surface area (Å²) in [5.74, 6) is 0.349. The Balaban J connectivity index is 2.90. The van der Waals surface area contributed by atoms with Gasteiger partial charge in [-0.3, -0.25) is 4.79 Å². The van der Waals surface area contributed by atoms with Gasteiger partial charge in [-0.25, -0.2) is 0 Å². The van der Waals surface area contributed by atoms with E-state index < -0.39 is 0 Å². The number of hydrogen-bond donors (Lipinski definition) is 0. The Morgan fingerprint density at radius 2 is 2.11 bits per heavy atom. The lowest BCUT2D eigenvalue weighted by atomic mass is 10.2. The normalized spacial score (nSPS) is 10.4. The molecule has 1 aromatic carbocycles. The van der Waals surface area contributed by atoms with Crippen molar-refractivity contribution in [1.82, 2.24) is 4.90 Å². The maximum atomic E-state index is 12.4. The molecule has 0 aliphatic rings. The second-order valence-corrected chi connectivity index (χ2v) is 5.75. The fourth-order valence-electron chi connectivity index (χ4n) is 1.45. The van der Waals surface area contributed by atoms with Crippen LogP contribution in [0.5, 0.6) is 0 Å². The third-order valence-electron chi connectivity index (χ3n) is 2.37. The molecule has 100 valence electrons. The summed E-state index contributed by atoms with van der Waals surface area (Å²) in [6.07, 6.45) is 0. The van der Waals surface area contributed by atoms with Gasteiger partial charge >= 0.3 is 0 Å². The van der Waals surface area contributed by atoms with Crippen molar-refractivity contribution in [2.45, 2.75) is 0 Å². The minimum atomic E-state index is -0.0547. The van der Waals surface area contributed by atoms with Gasteiger partial charge in [-0.1, -0.05) is 15.9 Å². The van der Waals surface area contributed by atoms with Gasteiger partial charge in [-0.2, -0.15) is 0 Å². The van der Waals surface area contributed by atoms with Crippen molar-refractivity contribution in [3.05, 3.63) is 32.7 Å². The average Bonchev–Trinajstić information content (AvgIpc) is 2.36. The van der Waals surface area contributed by atoms with E-state index >= 15 is 0 Å². The number of alkyl halides is 1. The number of methoxy groups -OCH3 is 1. The molecule has 0 N–H and O–H groups in total. The first-order valence-electron chi connectivity index (χ1n) is 5.39. The first-order chi connectivity index (χ1) is 8.60. The van der Waals surface area contributed by atoms with E-state index in [0.717, 1.165) is 8.95 Å². The predicted molar refractivity (Wildman–Crippen MR) is 80.3 cm³/mol. The van der Waals surface area contributed by atoms with Gasteiger partial charge in [0.1, 0.15) is 0 Å². The smallest absolute Gasteiger partial charge is 0.255 e. The van der Waals surface area contributed by atoms with Crippen LogP contribution in [0.4, 0.5) is 0 Å². The summed E-state index contributed by atoms with van der Waals surface area (Å²) >= 11 is 12.5. The van der Waals surface area contributed by atoms with Crippen LogP contribution >= 0.6 is 43.5 Å². The first kappa shape index (κ1) is 16.0. The van der Waals surface area contributed by atoms with Crippen LogP contribution in [0.15, 0.2) is 27.1 Å². The zero-order chi connectivity index (χ0) is 13.5.